The third kappa shape index (κ3) is 3.55. The summed E-state index contributed by atoms with van der Waals surface area (Å²) < 4.78 is 4.84. The summed E-state index contributed by atoms with van der Waals surface area (Å²) in [6.45, 7) is 2.68. The van der Waals surface area contributed by atoms with Crippen LogP contribution in [0.4, 0.5) is 5.82 Å². The first-order chi connectivity index (χ1) is 9.69. The third-order valence-electron chi connectivity index (χ3n) is 2.46. The van der Waals surface area contributed by atoms with E-state index in [1.807, 2.05) is 6.07 Å². The molecule has 0 atom stereocenters. The van der Waals surface area contributed by atoms with E-state index in [9.17, 15) is 4.79 Å². The lowest BCUT2D eigenvalue weighted by Crippen LogP contribution is -2.28. The van der Waals surface area contributed by atoms with E-state index < -0.39 is 0 Å². The Balaban J connectivity index is 1.73. The molecule has 0 aromatic carbocycles. The van der Waals surface area contributed by atoms with Gasteiger partial charge in [0.2, 0.25) is 5.76 Å². The molecule has 7 heteroatoms. The van der Waals surface area contributed by atoms with Gasteiger partial charge in [-0.25, -0.2) is 4.98 Å². The maximum absolute atomic E-state index is 11.6. The van der Waals surface area contributed by atoms with Gasteiger partial charge in [-0.2, -0.15) is 5.26 Å². The molecule has 2 N–H and O–H groups in total. The number of hydrogen-bond donors (Lipinski definition) is 2. The average Bonchev–Trinajstić information content (AvgIpc) is 2.91. The molecule has 0 spiro atoms. The molecule has 102 valence electrons. The van der Waals surface area contributed by atoms with E-state index in [1.165, 1.54) is 6.20 Å². The normalized spacial score (nSPS) is 9.80. The molecule has 0 saturated heterocycles. The van der Waals surface area contributed by atoms with Gasteiger partial charge < -0.3 is 15.2 Å². The Morgan fingerprint density at radius 2 is 2.30 bits per heavy atom. The SMILES string of the molecule is Cc1cc(C(=O)NCCNc2ccc(C#N)cn2)on1. The Morgan fingerprint density at radius 3 is 2.90 bits per heavy atom. The van der Waals surface area contributed by atoms with E-state index in [2.05, 4.69) is 20.8 Å². The maximum Gasteiger partial charge on any atom is 0.289 e. The van der Waals surface area contributed by atoms with Gasteiger partial charge in [0.15, 0.2) is 0 Å². The van der Waals surface area contributed by atoms with Crippen molar-refractivity contribution < 1.29 is 9.32 Å². The highest BCUT2D eigenvalue weighted by Gasteiger charge is 2.10. The van der Waals surface area contributed by atoms with Crippen LogP contribution in [0.2, 0.25) is 0 Å². The maximum atomic E-state index is 11.6. The Hall–Kier alpha value is -2.88. The lowest BCUT2D eigenvalue weighted by atomic mass is 10.3. The number of carbonyl (C=O) groups is 1. The van der Waals surface area contributed by atoms with Crippen LogP contribution < -0.4 is 10.6 Å². The van der Waals surface area contributed by atoms with Crippen molar-refractivity contribution in [3.8, 4) is 6.07 Å². The lowest BCUT2D eigenvalue weighted by Gasteiger charge is -2.05. The van der Waals surface area contributed by atoms with E-state index in [1.54, 1.807) is 25.1 Å². The molecule has 2 rings (SSSR count). The van der Waals surface area contributed by atoms with Gasteiger partial charge >= 0.3 is 0 Å². The van der Waals surface area contributed by atoms with Gasteiger partial charge in [-0.15, -0.1) is 0 Å². The number of rotatable bonds is 5. The van der Waals surface area contributed by atoms with Crippen molar-refractivity contribution in [2.24, 2.45) is 0 Å². The van der Waals surface area contributed by atoms with Crippen molar-refractivity contribution in [3.05, 3.63) is 41.4 Å². The molecule has 2 aromatic heterocycles. The van der Waals surface area contributed by atoms with Crippen LogP contribution in [0.3, 0.4) is 0 Å². The summed E-state index contributed by atoms with van der Waals surface area (Å²) in [6, 6.07) is 6.95. The Bertz CT molecular complexity index is 627. The Morgan fingerprint density at radius 1 is 1.45 bits per heavy atom. The first-order valence-electron chi connectivity index (χ1n) is 6.00. The van der Waals surface area contributed by atoms with Crippen molar-refractivity contribution in [3.63, 3.8) is 0 Å². The third-order valence-corrected chi connectivity index (χ3v) is 2.46. The van der Waals surface area contributed by atoms with E-state index in [0.29, 0.717) is 30.2 Å². The number of aromatic nitrogens is 2. The summed E-state index contributed by atoms with van der Waals surface area (Å²) in [5.74, 6) is 0.535. The highest BCUT2D eigenvalue weighted by atomic mass is 16.5. The molecule has 0 saturated carbocycles. The van der Waals surface area contributed by atoms with Crippen LogP contribution in [0, 0.1) is 18.3 Å². The fourth-order valence-corrected chi connectivity index (χ4v) is 1.49. The summed E-state index contributed by atoms with van der Waals surface area (Å²) in [7, 11) is 0. The smallest absolute Gasteiger partial charge is 0.289 e. The zero-order chi connectivity index (χ0) is 14.4. The molecule has 2 aromatic rings. The summed E-state index contributed by atoms with van der Waals surface area (Å²) in [4.78, 5) is 15.7. The molecule has 0 aliphatic carbocycles. The topological polar surface area (TPSA) is 104 Å². The minimum Gasteiger partial charge on any atom is -0.368 e. The van der Waals surface area contributed by atoms with Gasteiger partial charge in [0, 0.05) is 25.4 Å². The fourth-order valence-electron chi connectivity index (χ4n) is 1.49. The predicted molar refractivity (Wildman–Crippen MR) is 71.0 cm³/mol. The Labute approximate surface area is 115 Å². The number of anilines is 1. The van der Waals surface area contributed by atoms with E-state index in [-0.39, 0.29) is 11.7 Å². The van der Waals surface area contributed by atoms with Gasteiger partial charge in [0.25, 0.3) is 5.91 Å². The average molecular weight is 271 g/mol. The number of amides is 1. The number of nitriles is 1. The molecule has 2 heterocycles. The molecule has 0 bridgehead atoms. The molecule has 20 heavy (non-hydrogen) atoms. The van der Waals surface area contributed by atoms with Gasteiger partial charge in [0.05, 0.1) is 11.3 Å². The summed E-state index contributed by atoms with van der Waals surface area (Å²) in [5.41, 5.74) is 1.17. The van der Waals surface area contributed by atoms with Crippen LogP contribution in [0.25, 0.3) is 0 Å². The van der Waals surface area contributed by atoms with Crippen molar-refractivity contribution in [1.82, 2.24) is 15.5 Å². The van der Waals surface area contributed by atoms with Crippen LogP contribution in [0.1, 0.15) is 21.8 Å². The summed E-state index contributed by atoms with van der Waals surface area (Å²) in [5, 5.41) is 18.0. The fraction of sp³-hybridized carbons (Fsp3) is 0.231. The Kier molecular flexibility index (Phi) is 4.29. The summed E-state index contributed by atoms with van der Waals surface area (Å²) >= 11 is 0. The molecule has 0 unspecified atom stereocenters. The number of hydrogen-bond acceptors (Lipinski definition) is 6. The molecule has 0 radical (unpaired) electrons. The van der Waals surface area contributed by atoms with Crippen LogP contribution in [-0.4, -0.2) is 29.1 Å². The van der Waals surface area contributed by atoms with Crippen LogP contribution in [-0.2, 0) is 0 Å². The number of aryl methyl sites for hydroxylation is 1. The predicted octanol–water partition coefficient (Wildman–Crippen LogP) is 1.09. The lowest BCUT2D eigenvalue weighted by molar-refractivity contribution is 0.0918. The van der Waals surface area contributed by atoms with E-state index in [0.717, 1.165) is 0 Å². The molecule has 0 aliphatic rings. The number of pyridine rings is 1. The van der Waals surface area contributed by atoms with E-state index in [4.69, 9.17) is 9.78 Å². The van der Waals surface area contributed by atoms with Crippen molar-refractivity contribution in [1.29, 1.82) is 5.26 Å². The second kappa shape index (κ2) is 6.33. The first-order valence-corrected chi connectivity index (χ1v) is 6.00. The molecule has 0 fully saturated rings. The molecular weight excluding hydrogens is 258 g/mol. The van der Waals surface area contributed by atoms with Crippen LogP contribution in [0.15, 0.2) is 28.9 Å². The van der Waals surface area contributed by atoms with Crippen LogP contribution in [0.5, 0.6) is 0 Å². The van der Waals surface area contributed by atoms with Gasteiger partial charge in [-0.05, 0) is 19.1 Å². The minimum absolute atomic E-state index is 0.194. The molecule has 1 amide bonds. The zero-order valence-corrected chi connectivity index (χ0v) is 10.9. The standard InChI is InChI=1S/C13H13N5O2/c1-9-6-11(20-18-9)13(19)16-5-4-15-12-3-2-10(7-14)8-17-12/h2-3,6,8H,4-5H2,1H3,(H,15,17)(H,16,19). The first kappa shape index (κ1) is 13.5. The zero-order valence-electron chi connectivity index (χ0n) is 10.9. The van der Waals surface area contributed by atoms with Crippen molar-refractivity contribution >= 4 is 11.7 Å². The highest BCUT2D eigenvalue weighted by Crippen LogP contribution is 2.03. The molecule has 0 aliphatic heterocycles. The monoisotopic (exact) mass is 271 g/mol. The van der Waals surface area contributed by atoms with Crippen LogP contribution >= 0.6 is 0 Å². The second-order valence-corrected chi connectivity index (χ2v) is 4.06. The number of nitrogens with zero attached hydrogens (tertiary/aromatic N) is 3. The molecule has 7 nitrogen and oxygen atoms in total. The van der Waals surface area contributed by atoms with Crippen molar-refractivity contribution in [2.45, 2.75) is 6.92 Å². The largest absolute Gasteiger partial charge is 0.368 e. The van der Waals surface area contributed by atoms with E-state index >= 15 is 0 Å². The number of carbonyl (C=O) groups excluding carboxylic acids is 1. The van der Waals surface area contributed by atoms with Gasteiger partial charge in [-0.3, -0.25) is 4.79 Å². The highest BCUT2D eigenvalue weighted by molar-refractivity contribution is 5.91. The second-order valence-electron chi connectivity index (χ2n) is 4.06. The molecular formula is C13H13N5O2. The van der Waals surface area contributed by atoms with Gasteiger partial charge in [-0.1, -0.05) is 5.16 Å². The quantitative estimate of drug-likeness (QED) is 0.789. The van der Waals surface area contributed by atoms with Gasteiger partial charge in [0.1, 0.15) is 11.9 Å². The van der Waals surface area contributed by atoms with Crippen molar-refractivity contribution in [2.75, 3.05) is 18.4 Å². The minimum atomic E-state index is -0.305. The number of nitrogens with one attached hydrogen (secondary N) is 2. The summed E-state index contributed by atoms with van der Waals surface area (Å²) in [6.07, 6.45) is 1.48.